The van der Waals surface area contributed by atoms with Gasteiger partial charge in [-0.2, -0.15) is 0 Å². The van der Waals surface area contributed by atoms with E-state index in [4.69, 9.17) is 4.74 Å². The molecule has 0 amide bonds. The van der Waals surface area contributed by atoms with Gasteiger partial charge in [0, 0.05) is 10.5 Å². The highest BCUT2D eigenvalue weighted by Gasteiger charge is 2.44. The van der Waals surface area contributed by atoms with E-state index < -0.39 is 0 Å². The summed E-state index contributed by atoms with van der Waals surface area (Å²) in [5, 5.41) is 1.52. The van der Waals surface area contributed by atoms with Gasteiger partial charge in [-0.15, -0.1) is 23.5 Å². The predicted octanol–water partition coefficient (Wildman–Crippen LogP) is 1.93. The Morgan fingerprint density at radius 3 is 1.56 bits per heavy atom. The Hall–Kier alpha value is 0.660. The summed E-state index contributed by atoms with van der Waals surface area (Å²) in [6, 6.07) is 0. The van der Waals surface area contributed by atoms with Crippen LogP contribution in [0.3, 0.4) is 0 Å². The van der Waals surface area contributed by atoms with Crippen LogP contribution < -0.4 is 0 Å². The summed E-state index contributed by atoms with van der Waals surface area (Å²) in [5.74, 6) is 0. The summed E-state index contributed by atoms with van der Waals surface area (Å²) in [4.78, 5) is 0. The Morgan fingerprint density at radius 1 is 1.00 bits per heavy atom. The van der Waals surface area contributed by atoms with Crippen molar-refractivity contribution in [1.82, 2.24) is 0 Å². The largest absolute Gasteiger partial charge is 0.351 e. The van der Waals surface area contributed by atoms with Crippen molar-refractivity contribution in [2.75, 3.05) is 0 Å². The lowest BCUT2D eigenvalue weighted by Gasteiger charge is -1.93. The molecule has 0 spiro atoms. The quantitative estimate of drug-likeness (QED) is 0.574. The molecule has 2 saturated heterocycles. The van der Waals surface area contributed by atoms with Crippen LogP contribution >= 0.6 is 23.5 Å². The second-order valence-electron chi connectivity index (χ2n) is 2.56. The first-order valence-electron chi connectivity index (χ1n) is 3.24. The molecule has 0 aromatic carbocycles. The van der Waals surface area contributed by atoms with Crippen molar-refractivity contribution in [3.05, 3.63) is 0 Å². The molecule has 52 valence electrons. The molecule has 0 saturated carbocycles. The molecule has 1 nitrogen and oxygen atoms in total. The van der Waals surface area contributed by atoms with E-state index in [0.717, 1.165) is 10.5 Å². The van der Waals surface area contributed by atoms with Gasteiger partial charge >= 0.3 is 0 Å². The zero-order chi connectivity index (χ0) is 6.43. The van der Waals surface area contributed by atoms with Crippen molar-refractivity contribution in [1.29, 1.82) is 0 Å². The Morgan fingerprint density at radius 2 is 1.33 bits per heavy atom. The molecule has 2 aliphatic heterocycles. The lowest BCUT2D eigenvalue weighted by molar-refractivity contribution is 0.132. The summed E-state index contributed by atoms with van der Waals surface area (Å²) >= 11 is 3.85. The zero-order valence-electron chi connectivity index (χ0n) is 5.53. The summed E-state index contributed by atoms with van der Waals surface area (Å²) in [7, 11) is 0. The molecular weight excluding hydrogens is 152 g/mol. The van der Waals surface area contributed by atoms with E-state index in [1.165, 1.54) is 0 Å². The molecule has 0 aromatic rings. The molecule has 4 unspecified atom stereocenters. The molecule has 2 rings (SSSR count). The summed E-state index contributed by atoms with van der Waals surface area (Å²) in [6.07, 6.45) is 0. The SMILES string of the molecule is CC1SC1OC1SC1C. The van der Waals surface area contributed by atoms with Crippen LogP contribution in [0.2, 0.25) is 0 Å². The summed E-state index contributed by atoms with van der Waals surface area (Å²) in [5.41, 5.74) is 1.07. The van der Waals surface area contributed by atoms with E-state index in [0.29, 0.717) is 10.9 Å². The van der Waals surface area contributed by atoms with Crippen LogP contribution in [0.5, 0.6) is 0 Å². The average Bonchev–Trinajstić information content (AvgIpc) is 2.59. The van der Waals surface area contributed by atoms with E-state index in [9.17, 15) is 0 Å². The molecule has 2 heterocycles. The van der Waals surface area contributed by atoms with Crippen LogP contribution in [-0.2, 0) is 4.74 Å². The van der Waals surface area contributed by atoms with Gasteiger partial charge in [-0.3, -0.25) is 0 Å². The third-order valence-corrected chi connectivity index (χ3v) is 3.88. The maximum absolute atomic E-state index is 5.62. The fraction of sp³-hybridized carbons (Fsp3) is 1.00. The number of thioether (sulfide) groups is 2. The van der Waals surface area contributed by atoms with Gasteiger partial charge in [-0.1, -0.05) is 0 Å². The number of ether oxygens (including phenoxy) is 1. The van der Waals surface area contributed by atoms with Crippen LogP contribution in [-0.4, -0.2) is 21.4 Å². The summed E-state index contributed by atoms with van der Waals surface area (Å²) in [6.45, 7) is 4.43. The van der Waals surface area contributed by atoms with Gasteiger partial charge in [0.25, 0.3) is 0 Å². The highest BCUT2D eigenvalue weighted by molar-refractivity contribution is 8.08. The Bertz CT molecular complexity index is 114. The minimum atomic E-state index is 0.535. The van der Waals surface area contributed by atoms with Gasteiger partial charge in [0.05, 0.1) is 0 Å². The fourth-order valence-corrected chi connectivity index (χ4v) is 1.98. The number of hydrogen-bond donors (Lipinski definition) is 0. The lowest BCUT2D eigenvalue weighted by Crippen LogP contribution is -2.01. The molecule has 4 atom stereocenters. The van der Waals surface area contributed by atoms with Crippen molar-refractivity contribution in [3.8, 4) is 0 Å². The summed E-state index contributed by atoms with van der Waals surface area (Å²) < 4.78 is 5.62. The molecule has 3 heteroatoms. The van der Waals surface area contributed by atoms with Crippen LogP contribution in [0, 0.1) is 0 Å². The van der Waals surface area contributed by atoms with Crippen molar-refractivity contribution in [2.45, 2.75) is 35.2 Å². The van der Waals surface area contributed by atoms with E-state index in [1.807, 2.05) is 23.5 Å². The molecule has 9 heavy (non-hydrogen) atoms. The predicted molar refractivity (Wildman–Crippen MR) is 42.8 cm³/mol. The van der Waals surface area contributed by atoms with E-state index in [2.05, 4.69) is 13.8 Å². The molecule has 2 fully saturated rings. The Balaban J connectivity index is 1.69. The van der Waals surface area contributed by atoms with Crippen LogP contribution in [0.25, 0.3) is 0 Å². The first-order chi connectivity index (χ1) is 4.27. The molecular formula is C6H10OS2. The van der Waals surface area contributed by atoms with Gasteiger partial charge in [0.2, 0.25) is 0 Å². The van der Waals surface area contributed by atoms with Crippen LogP contribution in [0.15, 0.2) is 0 Å². The van der Waals surface area contributed by atoms with Crippen molar-refractivity contribution in [2.24, 2.45) is 0 Å². The normalized spacial score (nSPS) is 55.3. The van der Waals surface area contributed by atoms with Crippen molar-refractivity contribution in [3.63, 3.8) is 0 Å². The number of rotatable bonds is 2. The topological polar surface area (TPSA) is 9.23 Å². The third kappa shape index (κ3) is 1.38. The lowest BCUT2D eigenvalue weighted by atomic mass is 10.5. The van der Waals surface area contributed by atoms with Gasteiger partial charge < -0.3 is 4.74 Å². The van der Waals surface area contributed by atoms with E-state index in [-0.39, 0.29) is 0 Å². The van der Waals surface area contributed by atoms with Crippen LogP contribution in [0.1, 0.15) is 13.8 Å². The minimum Gasteiger partial charge on any atom is -0.351 e. The van der Waals surface area contributed by atoms with E-state index >= 15 is 0 Å². The monoisotopic (exact) mass is 162 g/mol. The maximum atomic E-state index is 5.62. The van der Waals surface area contributed by atoms with Gasteiger partial charge in [-0.25, -0.2) is 0 Å². The molecule has 0 radical (unpaired) electrons. The molecule has 0 aliphatic carbocycles. The first-order valence-corrected chi connectivity index (χ1v) is 5.12. The Kier molecular flexibility index (Phi) is 1.47. The van der Waals surface area contributed by atoms with Crippen LogP contribution in [0.4, 0.5) is 0 Å². The Labute approximate surface area is 63.9 Å². The first kappa shape index (κ1) is 6.38. The fourth-order valence-electron chi connectivity index (χ4n) is 0.750. The average molecular weight is 162 g/mol. The van der Waals surface area contributed by atoms with Gasteiger partial charge in [0.15, 0.2) is 0 Å². The molecule has 2 aliphatic rings. The third-order valence-electron chi connectivity index (χ3n) is 1.58. The van der Waals surface area contributed by atoms with Gasteiger partial charge in [0.1, 0.15) is 10.9 Å². The highest BCUT2D eigenvalue weighted by atomic mass is 32.2. The highest BCUT2D eigenvalue weighted by Crippen LogP contribution is 2.50. The van der Waals surface area contributed by atoms with Crippen molar-refractivity contribution < 1.29 is 4.74 Å². The molecule has 0 N–H and O–H groups in total. The van der Waals surface area contributed by atoms with E-state index in [1.54, 1.807) is 0 Å². The van der Waals surface area contributed by atoms with Gasteiger partial charge in [-0.05, 0) is 13.8 Å². The molecule has 0 aromatic heterocycles. The number of hydrogen-bond acceptors (Lipinski definition) is 3. The standard InChI is InChI=1S/C6H10OS2/c1-3-5(8-3)7-6-4(2)9-6/h3-6H,1-2H3. The second-order valence-corrected chi connectivity index (χ2v) is 5.52. The second kappa shape index (κ2) is 2.07. The zero-order valence-corrected chi connectivity index (χ0v) is 7.17. The molecule has 0 bridgehead atoms. The van der Waals surface area contributed by atoms with Crippen molar-refractivity contribution >= 4 is 23.5 Å². The minimum absolute atomic E-state index is 0.535. The smallest absolute Gasteiger partial charge is 0.116 e. The maximum Gasteiger partial charge on any atom is 0.116 e.